The fraction of sp³-hybridized carbons (Fsp3) is 0.250. The molecule has 0 aliphatic rings. The molecule has 3 nitrogen and oxygen atoms in total. The summed E-state index contributed by atoms with van der Waals surface area (Å²) in [5, 5.41) is 3.89. The number of amides is 1. The zero-order chi connectivity index (χ0) is 12.3. The van der Waals surface area contributed by atoms with Crippen LogP contribution in [0.2, 0.25) is 0 Å². The molecule has 0 aliphatic carbocycles. The van der Waals surface area contributed by atoms with Gasteiger partial charge in [0.2, 0.25) is 0 Å². The molecule has 17 heavy (non-hydrogen) atoms. The van der Waals surface area contributed by atoms with Gasteiger partial charge in [0, 0.05) is 18.5 Å². The van der Waals surface area contributed by atoms with E-state index in [0.717, 1.165) is 13.0 Å². The molecular weight excluding hydrogens is 252 g/mol. The molecular formula is C12H14N2OS2. The maximum absolute atomic E-state index is 12.0. The van der Waals surface area contributed by atoms with Crippen molar-refractivity contribution in [1.29, 1.82) is 0 Å². The van der Waals surface area contributed by atoms with Gasteiger partial charge in [-0.25, -0.2) is 0 Å². The quantitative estimate of drug-likeness (QED) is 0.925. The molecule has 0 unspecified atom stereocenters. The van der Waals surface area contributed by atoms with Crippen LogP contribution in [0.5, 0.6) is 0 Å². The van der Waals surface area contributed by atoms with Crippen molar-refractivity contribution in [2.45, 2.75) is 6.42 Å². The minimum absolute atomic E-state index is 0.00839. The highest BCUT2D eigenvalue weighted by molar-refractivity contribution is 7.12. The molecule has 0 aromatic carbocycles. The van der Waals surface area contributed by atoms with Crippen molar-refractivity contribution in [3.63, 3.8) is 0 Å². The van der Waals surface area contributed by atoms with Gasteiger partial charge < -0.3 is 10.6 Å². The molecule has 0 radical (unpaired) electrons. The first-order valence-corrected chi connectivity index (χ1v) is 7.05. The summed E-state index contributed by atoms with van der Waals surface area (Å²) >= 11 is 3.11. The van der Waals surface area contributed by atoms with Crippen molar-refractivity contribution in [3.05, 3.63) is 38.7 Å². The van der Waals surface area contributed by atoms with Crippen LogP contribution in [0.4, 0.5) is 5.69 Å². The number of carbonyl (C=O) groups is 1. The van der Waals surface area contributed by atoms with Crippen molar-refractivity contribution >= 4 is 34.3 Å². The Kier molecular flexibility index (Phi) is 3.81. The van der Waals surface area contributed by atoms with Crippen LogP contribution in [0.25, 0.3) is 0 Å². The molecule has 0 fully saturated rings. The third-order valence-corrected chi connectivity index (χ3v) is 4.36. The van der Waals surface area contributed by atoms with E-state index in [9.17, 15) is 4.79 Å². The van der Waals surface area contributed by atoms with Crippen LogP contribution in [0.15, 0.2) is 29.0 Å². The van der Waals surface area contributed by atoms with Gasteiger partial charge in [-0.05, 0) is 29.3 Å². The predicted molar refractivity (Wildman–Crippen MR) is 73.7 cm³/mol. The highest BCUT2D eigenvalue weighted by atomic mass is 32.1. The lowest BCUT2D eigenvalue weighted by Crippen LogP contribution is -2.28. The van der Waals surface area contributed by atoms with E-state index in [4.69, 9.17) is 5.73 Å². The van der Waals surface area contributed by atoms with Crippen LogP contribution >= 0.6 is 22.7 Å². The number of nitrogens with zero attached hydrogens (tertiary/aromatic N) is 1. The lowest BCUT2D eigenvalue weighted by molar-refractivity contribution is 0.0802. The minimum Gasteiger partial charge on any atom is -0.397 e. The van der Waals surface area contributed by atoms with Crippen LogP contribution in [0.1, 0.15) is 14.5 Å². The molecule has 2 aromatic rings. The Morgan fingerprint density at radius 1 is 1.35 bits per heavy atom. The van der Waals surface area contributed by atoms with Crippen LogP contribution in [0, 0.1) is 0 Å². The maximum atomic E-state index is 12.0. The van der Waals surface area contributed by atoms with Crippen LogP contribution in [-0.2, 0) is 6.42 Å². The molecule has 2 aromatic heterocycles. The highest BCUT2D eigenvalue weighted by Crippen LogP contribution is 2.20. The third kappa shape index (κ3) is 2.87. The number of hydrogen-bond acceptors (Lipinski definition) is 4. The standard InChI is InChI=1S/C12H14N2OS2/c1-14(6-4-9-3-2-7-16-9)12(15)11-10(13)5-8-17-11/h2-3,5,7-8H,4,6,13H2,1H3. The molecule has 0 saturated carbocycles. The first-order valence-electron chi connectivity index (χ1n) is 5.29. The number of rotatable bonds is 4. The average Bonchev–Trinajstić information content (AvgIpc) is 2.95. The molecule has 0 bridgehead atoms. The lowest BCUT2D eigenvalue weighted by Gasteiger charge is -2.16. The summed E-state index contributed by atoms with van der Waals surface area (Å²) in [6, 6.07) is 5.88. The number of nitrogen functional groups attached to an aromatic ring is 1. The van der Waals surface area contributed by atoms with E-state index < -0.39 is 0 Å². The van der Waals surface area contributed by atoms with Crippen LogP contribution in [-0.4, -0.2) is 24.4 Å². The summed E-state index contributed by atoms with van der Waals surface area (Å²) < 4.78 is 0. The summed E-state index contributed by atoms with van der Waals surface area (Å²) in [5.74, 6) is 0.00839. The maximum Gasteiger partial charge on any atom is 0.265 e. The number of hydrogen-bond donors (Lipinski definition) is 1. The fourth-order valence-corrected chi connectivity index (χ4v) is 3.01. The summed E-state index contributed by atoms with van der Waals surface area (Å²) in [4.78, 5) is 15.7. The Bertz CT molecular complexity index is 490. The minimum atomic E-state index is 0.00839. The van der Waals surface area contributed by atoms with Gasteiger partial charge in [0.25, 0.3) is 5.91 Å². The molecule has 0 aliphatic heterocycles. The molecule has 2 rings (SSSR count). The van der Waals surface area contributed by atoms with Crippen LogP contribution < -0.4 is 5.73 Å². The zero-order valence-electron chi connectivity index (χ0n) is 9.55. The molecule has 2 heterocycles. The van der Waals surface area contributed by atoms with E-state index in [2.05, 4.69) is 11.4 Å². The Hall–Kier alpha value is -1.33. The smallest absolute Gasteiger partial charge is 0.265 e. The van der Waals surface area contributed by atoms with Gasteiger partial charge in [0.05, 0.1) is 5.69 Å². The molecule has 0 saturated heterocycles. The van der Waals surface area contributed by atoms with Gasteiger partial charge in [0.1, 0.15) is 4.88 Å². The summed E-state index contributed by atoms with van der Waals surface area (Å²) in [7, 11) is 1.81. The van der Waals surface area contributed by atoms with Crippen molar-refractivity contribution in [1.82, 2.24) is 4.90 Å². The normalized spacial score (nSPS) is 10.4. The monoisotopic (exact) mass is 266 g/mol. The van der Waals surface area contributed by atoms with E-state index in [1.54, 1.807) is 22.3 Å². The van der Waals surface area contributed by atoms with Gasteiger partial charge in [0.15, 0.2) is 0 Å². The predicted octanol–water partition coefficient (Wildman–Crippen LogP) is 2.71. The Balaban J connectivity index is 1.94. The van der Waals surface area contributed by atoms with Gasteiger partial charge >= 0.3 is 0 Å². The first kappa shape index (κ1) is 12.1. The number of anilines is 1. The van der Waals surface area contributed by atoms with Crippen molar-refractivity contribution < 1.29 is 4.79 Å². The highest BCUT2D eigenvalue weighted by Gasteiger charge is 2.15. The second-order valence-corrected chi connectivity index (χ2v) is 5.71. The van der Waals surface area contributed by atoms with Gasteiger partial charge in [-0.15, -0.1) is 22.7 Å². The zero-order valence-corrected chi connectivity index (χ0v) is 11.2. The molecule has 0 spiro atoms. The van der Waals surface area contributed by atoms with Crippen molar-refractivity contribution in [2.24, 2.45) is 0 Å². The number of carbonyl (C=O) groups excluding carboxylic acids is 1. The summed E-state index contributed by atoms with van der Waals surface area (Å²) in [5.41, 5.74) is 6.31. The molecule has 90 valence electrons. The lowest BCUT2D eigenvalue weighted by atomic mass is 10.3. The van der Waals surface area contributed by atoms with Crippen molar-refractivity contribution in [3.8, 4) is 0 Å². The van der Waals surface area contributed by atoms with Gasteiger partial charge in [-0.1, -0.05) is 6.07 Å². The Morgan fingerprint density at radius 2 is 2.18 bits per heavy atom. The number of nitrogens with two attached hydrogens (primary N) is 1. The SMILES string of the molecule is CN(CCc1cccs1)C(=O)c1sccc1N. The van der Waals surface area contributed by atoms with E-state index in [0.29, 0.717) is 10.6 Å². The second-order valence-electron chi connectivity index (χ2n) is 3.76. The first-order chi connectivity index (χ1) is 8.18. The second kappa shape index (κ2) is 5.33. The van der Waals surface area contributed by atoms with E-state index >= 15 is 0 Å². The third-order valence-electron chi connectivity index (χ3n) is 2.51. The molecule has 0 atom stereocenters. The van der Waals surface area contributed by atoms with E-state index in [1.165, 1.54) is 16.2 Å². The van der Waals surface area contributed by atoms with E-state index in [1.807, 2.05) is 18.5 Å². The van der Waals surface area contributed by atoms with Crippen molar-refractivity contribution in [2.75, 3.05) is 19.3 Å². The number of likely N-dealkylation sites (N-methyl/N-ethyl adjacent to an activating group) is 1. The fourth-order valence-electron chi connectivity index (χ4n) is 1.50. The molecule has 2 N–H and O–H groups in total. The summed E-state index contributed by atoms with van der Waals surface area (Å²) in [6.07, 6.45) is 0.894. The van der Waals surface area contributed by atoms with Gasteiger partial charge in [-0.3, -0.25) is 4.79 Å². The van der Waals surface area contributed by atoms with Gasteiger partial charge in [-0.2, -0.15) is 0 Å². The molecule has 1 amide bonds. The summed E-state index contributed by atoms with van der Waals surface area (Å²) in [6.45, 7) is 0.719. The Labute approximate surface area is 108 Å². The average molecular weight is 266 g/mol. The topological polar surface area (TPSA) is 46.3 Å². The van der Waals surface area contributed by atoms with E-state index in [-0.39, 0.29) is 5.91 Å². The largest absolute Gasteiger partial charge is 0.397 e. The molecule has 5 heteroatoms. The Morgan fingerprint density at radius 3 is 2.76 bits per heavy atom. The number of thiophene rings is 2. The van der Waals surface area contributed by atoms with Crippen LogP contribution in [0.3, 0.4) is 0 Å².